The molecule has 0 bridgehead atoms. The normalized spacial score (nSPS) is 21.2. The number of ether oxygens (including phenoxy) is 1. The van der Waals surface area contributed by atoms with Gasteiger partial charge in [0.15, 0.2) is 0 Å². The van der Waals surface area contributed by atoms with Crippen molar-refractivity contribution in [3.05, 3.63) is 58.2 Å². The van der Waals surface area contributed by atoms with Gasteiger partial charge >= 0.3 is 12.1 Å². The molecule has 4 rings (SSSR count). The molecular formula is C25H30Cl2F3N3O5S. The smallest absolute Gasteiger partial charge is 0.475 e. The van der Waals surface area contributed by atoms with Gasteiger partial charge in [-0.3, -0.25) is 4.90 Å². The van der Waals surface area contributed by atoms with Gasteiger partial charge in [-0.2, -0.15) is 13.2 Å². The van der Waals surface area contributed by atoms with Crippen LogP contribution >= 0.6 is 23.2 Å². The van der Waals surface area contributed by atoms with Crippen molar-refractivity contribution in [3.63, 3.8) is 0 Å². The Bertz CT molecular complexity index is 1210. The summed E-state index contributed by atoms with van der Waals surface area (Å²) in [6.07, 6.45) is 0.451. The van der Waals surface area contributed by atoms with E-state index in [2.05, 4.69) is 26.9 Å². The molecule has 1 aromatic heterocycles. The summed E-state index contributed by atoms with van der Waals surface area (Å²) in [5, 5.41) is 8.54. The quantitative estimate of drug-likeness (QED) is 0.515. The van der Waals surface area contributed by atoms with Gasteiger partial charge in [-0.05, 0) is 49.1 Å². The van der Waals surface area contributed by atoms with Crippen molar-refractivity contribution in [1.82, 2.24) is 9.88 Å². The van der Waals surface area contributed by atoms with Crippen LogP contribution in [-0.4, -0.2) is 92.0 Å². The molecule has 2 aliphatic rings. The molecule has 8 nitrogen and oxygen atoms in total. The van der Waals surface area contributed by atoms with Crippen molar-refractivity contribution in [2.75, 3.05) is 43.1 Å². The number of hydrogen-bond donors (Lipinski definition) is 1. The first-order valence-corrected chi connectivity index (χ1v) is 15.0. The molecule has 2 atom stereocenters. The van der Waals surface area contributed by atoms with E-state index in [0.29, 0.717) is 24.2 Å². The third kappa shape index (κ3) is 10.1. The molecule has 1 aromatic carbocycles. The Morgan fingerprint density at radius 3 is 2.28 bits per heavy atom. The van der Waals surface area contributed by atoms with E-state index in [-0.39, 0.29) is 17.9 Å². The summed E-state index contributed by atoms with van der Waals surface area (Å²) in [6.45, 7) is 2.93. The highest BCUT2D eigenvalue weighted by Gasteiger charge is 2.38. The van der Waals surface area contributed by atoms with E-state index in [1.54, 1.807) is 12.3 Å². The summed E-state index contributed by atoms with van der Waals surface area (Å²) in [7, 11) is -3.10. The monoisotopic (exact) mass is 611 g/mol. The van der Waals surface area contributed by atoms with Crippen molar-refractivity contribution in [2.45, 2.75) is 43.6 Å². The number of carboxylic acid groups (broad SMARTS) is 1. The molecule has 39 heavy (non-hydrogen) atoms. The minimum Gasteiger partial charge on any atom is -0.475 e. The van der Waals surface area contributed by atoms with Crippen LogP contribution in [-0.2, 0) is 25.8 Å². The van der Waals surface area contributed by atoms with E-state index < -0.39 is 22.0 Å². The largest absolute Gasteiger partial charge is 0.490 e. The topological polar surface area (TPSA) is 100 Å². The maximum atomic E-state index is 11.9. The minimum atomic E-state index is -5.08. The van der Waals surface area contributed by atoms with Gasteiger partial charge in [0.1, 0.15) is 15.7 Å². The summed E-state index contributed by atoms with van der Waals surface area (Å²) >= 11 is 12.2. The van der Waals surface area contributed by atoms with Gasteiger partial charge in [-0.25, -0.2) is 18.2 Å². The maximum Gasteiger partial charge on any atom is 0.490 e. The predicted molar refractivity (Wildman–Crippen MR) is 143 cm³/mol. The molecule has 216 valence electrons. The maximum absolute atomic E-state index is 11.9. The zero-order valence-corrected chi connectivity index (χ0v) is 23.5. The van der Waals surface area contributed by atoms with Crippen LogP contribution in [0.25, 0.3) is 0 Å². The van der Waals surface area contributed by atoms with Crippen molar-refractivity contribution in [1.29, 1.82) is 0 Å². The number of anilines is 1. The number of hydrogen-bond acceptors (Lipinski definition) is 7. The van der Waals surface area contributed by atoms with Crippen LogP contribution in [0.4, 0.5) is 19.0 Å². The molecule has 0 aliphatic carbocycles. The molecule has 2 aromatic rings. The van der Waals surface area contributed by atoms with E-state index >= 15 is 0 Å². The SMILES string of the molecule is CS(=O)(=O)C[C@H]1CN(C2CCN(c3cc(Cl)ccn3)CC2)[C@@H](Cc2ccc(Cl)cc2)CO1.O=C(O)C(F)(F)F. The number of aliphatic carboxylic acids is 1. The van der Waals surface area contributed by atoms with E-state index in [1.165, 1.54) is 11.8 Å². The summed E-state index contributed by atoms with van der Waals surface area (Å²) in [5.41, 5.74) is 1.20. The van der Waals surface area contributed by atoms with Gasteiger partial charge in [-0.15, -0.1) is 0 Å². The average molecular weight is 612 g/mol. The summed E-state index contributed by atoms with van der Waals surface area (Å²) < 4.78 is 61.5. The Morgan fingerprint density at radius 1 is 1.13 bits per heavy atom. The number of alkyl halides is 3. The first kappa shape index (κ1) is 31.4. The van der Waals surface area contributed by atoms with Crippen LogP contribution in [0.3, 0.4) is 0 Å². The zero-order chi connectivity index (χ0) is 28.8. The zero-order valence-electron chi connectivity index (χ0n) is 21.2. The number of carbonyl (C=O) groups is 1. The molecular weight excluding hydrogens is 582 g/mol. The molecule has 0 amide bonds. The van der Waals surface area contributed by atoms with Crippen LogP contribution < -0.4 is 4.90 Å². The highest BCUT2D eigenvalue weighted by molar-refractivity contribution is 7.90. The summed E-state index contributed by atoms with van der Waals surface area (Å²) in [5.74, 6) is -1.79. The summed E-state index contributed by atoms with van der Waals surface area (Å²) in [6, 6.07) is 12.2. The molecule has 14 heteroatoms. The molecule has 2 aliphatic heterocycles. The van der Waals surface area contributed by atoms with Gasteiger partial charge in [-0.1, -0.05) is 35.3 Å². The molecule has 3 heterocycles. The molecule has 2 fully saturated rings. The van der Waals surface area contributed by atoms with Crippen LogP contribution in [0.1, 0.15) is 18.4 Å². The first-order valence-electron chi connectivity index (χ1n) is 12.2. The fourth-order valence-corrected chi connectivity index (χ4v) is 5.88. The van der Waals surface area contributed by atoms with Gasteiger partial charge < -0.3 is 14.7 Å². The highest BCUT2D eigenvalue weighted by atomic mass is 35.5. The molecule has 1 N–H and O–H groups in total. The Kier molecular flexibility index (Phi) is 10.9. The Labute approximate surface area is 235 Å². The third-order valence-corrected chi connectivity index (χ3v) is 7.95. The number of aromatic nitrogens is 1. The number of pyridine rings is 1. The number of piperidine rings is 1. The van der Waals surface area contributed by atoms with Crippen molar-refractivity contribution in [3.8, 4) is 0 Å². The number of nitrogens with zero attached hydrogens (tertiary/aromatic N) is 3. The lowest BCUT2D eigenvalue weighted by molar-refractivity contribution is -0.192. The lowest BCUT2D eigenvalue weighted by atomic mass is 9.96. The molecule has 0 unspecified atom stereocenters. The van der Waals surface area contributed by atoms with Crippen molar-refractivity contribution in [2.24, 2.45) is 0 Å². The molecule has 2 saturated heterocycles. The van der Waals surface area contributed by atoms with E-state index in [1.807, 2.05) is 18.2 Å². The number of sulfone groups is 1. The second-order valence-electron chi connectivity index (χ2n) is 9.58. The fourth-order valence-electron chi connectivity index (χ4n) is 4.73. The number of halogens is 5. The van der Waals surface area contributed by atoms with Gasteiger partial charge in [0.2, 0.25) is 0 Å². The molecule has 0 radical (unpaired) electrons. The van der Waals surface area contributed by atoms with E-state index in [4.69, 9.17) is 37.8 Å². The second kappa shape index (κ2) is 13.5. The molecule has 0 saturated carbocycles. The van der Waals surface area contributed by atoms with Crippen molar-refractivity contribution < 1.29 is 36.2 Å². The molecule has 0 spiro atoms. The first-order chi connectivity index (χ1) is 18.2. The van der Waals surface area contributed by atoms with Crippen LogP contribution in [0.5, 0.6) is 0 Å². The number of benzene rings is 1. The van der Waals surface area contributed by atoms with Crippen LogP contribution in [0.2, 0.25) is 10.0 Å². The van der Waals surface area contributed by atoms with Gasteiger partial charge in [0.05, 0.1) is 18.5 Å². The standard InChI is InChI=1S/C23H29Cl2N3O3S.C2HF3O2/c1-32(29,30)16-22-14-28(21(15-31-22)12-17-2-4-18(24)5-3-17)20-7-10-27(11-8-20)23-13-19(25)6-9-26-23;3-2(4,5)1(6)7/h2-6,9,13,20-22H,7-8,10-12,14-16H2,1H3;(H,6,7)/t21-,22+;/m0./s1. The lowest BCUT2D eigenvalue weighted by Gasteiger charge is -2.47. The number of carboxylic acids is 1. The van der Waals surface area contributed by atoms with Crippen LogP contribution in [0.15, 0.2) is 42.6 Å². The highest BCUT2D eigenvalue weighted by Crippen LogP contribution is 2.28. The number of rotatable bonds is 6. The average Bonchev–Trinajstić information content (AvgIpc) is 2.85. The second-order valence-corrected chi connectivity index (χ2v) is 12.6. The Balaban J connectivity index is 0.000000532. The summed E-state index contributed by atoms with van der Waals surface area (Å²) in [4.78, 5) is 18.1. The third-order valence-electron chi connectivity index (χ3n) is 6.49. The Morgan fingerprint density at radius 2 is 1.74 bits per heavy atom. The predicted octanol–water partition coefficient (Wildman–Crippen LogP) is 4.35. The lowest BCUT2D eigenvalue weighted by Crippen LogP contribution is -2.58. The van der Waals surface area contributed by atoms with Crippen LogP contribution in [0, 0.1) is 0 Å². The van der Waals surface area contributed by atoms with Crippen molar-refractivity contribution >= 4 is 44.8 Å². The fraction of sp³-hybridized carbons (Fsp3) is 0.520. The number of morpholine rings is 1. The minimum absolute atomic E-state index is 0.0580. The van der Waals surface area contributed by atoms with E-state index in [0.717, 1.165) is 43.2 Å². The Hall–Kier alpha value is -2.12. The van der Waals surface area contributed by atoms with Gasteiger partial charge in [0.25, 0.3) is 0 Å². The van der Waals surface area contributed by atoms with Gasteiger partial charge in [0, 0.05) is 54.2 Å². The van der Waals surface area contributed by atoms with E-state index in [9.17, 15) is 21.6 Å².